The van der Waals surface area contributed by atoms with E-state index in [1.807, 2.05) is 49.1 Å². The smallest absolute Gasteiger partial charge is 0.228 e. The third kappa shape index (κ3) is 4.23. The molecule has 1 N–H and O–H groups in total. The molecular weight excluding hydrogens is 462 g/mol. The van der Waals surface area contributed by atoms with E-state index < -0.39 is 29.1 Å². The van der Waals surface area contributed by atoms with Crippen LogP contribution in [0.15, 0.2) is 67.3 Å². The Hall–Kier alpha value is -3.39. The number of carbonyl (C=O) groups excluding carboxylic acids is 1. The van der Waals surface area contributed by atoms with E-state index in [9.17, 15) is 18.7 Å². The first-order chi connectivity index (χ1) is 17.3. The lowest BCUT2D eigenvalue weighted by Crippen LogP contribution is -2.57. The van der Waals surface area contributed by atoms with E-state index in [4.69, 9.17) is 0 Å². The molecule has 2 saturated heterocycles. The Labute approximate surface area is 209 Å². The number of hydrogen-bond acceptors (Lipinski definition) is 5. The molecule has 3 aromatic rings. The summed E-state index contributed by atoms with van der Waals surface area (Å²) in [5.41, 5.74) is 0.871. The highest BCUT2D eigenvalue weighted by molar-refractivity contribution is 5.82. The van der Waals surface area contributed by atoms with Crippen molar-refractivity contribution in [1.29, 1.82) is 0 Å². The number of halogens is 2. The van der Waals surface area contributed by atoms with Crippen molar-refractivity contribution < 1.29 is 18.7 Å². The minimum Gasteiger partial charge on any atom is -0.384 e. The molecule has 2 fully saturated rings. The Kier molecular flexibility index (Phi) is 6.47. The largest absolute Gasteiger partial charge is 0.384 e. The van der Waals surface area contributed by atoms with Gasteiger partial charge in [-0.25, -0.2) is 18.7 Å². The minimum absolute atomic E-state index is 0.0862. The Bertz CT molecular complexity index is 1210. The molecule has 0 bridgehead atoms. The SMILES string of the molecule is C[C@@H]1CN(C(=O)[C@@H]2CN(c3cncnc3)C[C@H]2c2ccc(F)cc2F)C[C@H](C)[C@@]1(O)c1ccccc1. The zero-order valence-electron chi connectivity index (χ0n) is 20.4. The van der Waals surface area contributed by atoms with Gasteiger partial charge in [0.15, 0.2) is 0 Å². The highest BCUT2D eigenvalue weighted by Gasteiger charge is 2.49. The van der Waals surface area contributed by atoms with Crippen LogP contribution >= 0.6 is 0 Å². The number of aromatic nitrogens is 2. The molecule has 0 aliphatic carbocycles. The standard InChI is InChI=1S/C28H30F2N4O2/c1-18-13-34(14-19(2)28(18,36)20-6-4-3-5-7-20)27(35)25-16-33(22-11-31-17-32-12-22)15-24(25)23-9-8-21(29)10-26(23)30/h3-12,17-19,24-25,36H,13-16H2,1-2H3/t18-,19+,24-,25+,28-/m0/s1. The highest BCUT2D eigenvalue weighted by atomic mass is 19.1. The predicted molar refractivity (Wildman–Crippen MR) is 132 cm³/mol. The van der Waals surface area contributed by atoms with Crippen LogP contribution in [0.3, 0.4) is 0 Å². The quantitative estimate of drug-likeness (QED) is 0.597. The number of anilines is 1. The van der Waals surface area contributed by atoms with Crippen LogP contribution in [0.1, 0.15) is 30.9 Å². The van der Waals surface area contributed by atoms with Crippen molar-refractivity contribution in [2.24, 2.45) is 17.8 Å². The van der Waals surface area contributed by atoms with Crippen LogP contribution in [0.5, 0.6) is 0 Å². The second-order valence-corrected chi connectivity index (χ2v) is 10.1. The summed E-state index contributed by atoms with van der Waals surface area (Å²) in [4.78, 5) is 25.9. The third-order valence-corrected chi connectivity index (χ3v) is 7.95. The molecule has 36 heavy (non-hydrogen) atoms. The molecule has 2 aromatic carbocycles. The molecule has 5 rings (SSSR count). The first kappa shape index (κ1) is 24.3. The first-order valence-electron chi connectivity index (χ1n) is 12.3. The number of benzene rings is 2. The van der Waals surface area contributed by atoms with Gasteiger partial charge in [-0.3, -0.25) is 4.79 Å². The highest BCUT2D eigenvalue weighted by Crippen LogP contribution is 2.43. The zero-order chi connectivity index (χ0) is 25.4. The van der Waals surface area contributed by atoms with Gasteiger partial charge >= 0.3 is 0 Å². The fourth-order valence-electron chi connectivity index (χ4n) is 6.03. The Balaban J connectivity index is 1.43. The van der Waals surface area contributed by atoms with E-state index in [-0.39, 0.29) is 17.7 Å². The van der Waals surface area contributed by atoms with Crippen molar-refractivity contribution in [2.75, 3.05) is 31.1 Å². The Morgan fingerprint density at radius 3 is 2.28 bits per heavy atom. The second kappa shape index (κ2) is 9.58. The fraction of sp³-hybridized carbons (Fsp3) is 0.393. The average molecular weight is 493 g/mol. The van der Waals surface area contributed by atoms with E-state index >= 15 is 0 Å². The van der Waals surface area contributed by atoms with Crippen LogP contribution in [0.2, 0.25) is 0 Å². The van der Waals surface area contributed by atoms with Crippen LogP contribution < -0.4 is 4.90 Å². The van der Waals surface area contributed by atoms with E-state index in [1.54, 1.807) is 17.3 Å². The molecule has 8 heteroatoms. The summed E-state index contributed by atoms with van der Waals surface area (Å²) in [5, 5.41) is 11.7. The molecular formula is C28H30F2N4O2. The van der Waals surface area contributed by atoms with Gasteiger partial charge < -0.3 is 14.9 Å². The molecule has 5 atom stereocenters. The summed E-state index contributed by atoms with van der Waals surface area (Å²) < 4.78 is 28.5. The Morgan fingerprint density at radius 2 is 1.64 bits per heavy atom. The average Bonchev–Trinajstić information content (AvgIpc) is 3.32. The monoisotopic (exact) mass is 492 g/mol. The predicted octanol–water partition coefficient (Wildman–Crippen LogP) is 3.98. The summed E-state index contributed by atoms with van der Waals surface area (Å²) in [6.07, 6.45) is 4.77. The molecule has 1 aromatic heterocycles. The fourth-order valence-corrected chi connectivity index (χ4v) is 6.03. The van der Waals surface area contributed by atoms with Gasteiger partial charge in [-0.2, -0.15) is 0 Å². The lowest BCUT2D eigenvalue weighted by molar-refractivity contribution is -0.152. The lowest BCUT2D eigenvalue weighted by Gasteiger charge is -2.48. The van der Waals surface area contributed by atoms with Crippen molar-refractivity contribution in [2.45, 2.75) is 25.4 Å². The van der Waals surface area contributed by atoms with Crippen molar-refractivity contribution >= 4 is 11.6 Å². The van der Waals surface area contributed by atoms with Gasteiger partial charge in [0.2, 0.25) is 5.91 Å². The number of rotatable bonds is 4. The van der Waals surface area contributed by atoms with Crippen molar-refractivity contribution in [3.63, 3.8) is 0 Å². The van der Waals surface area contributed by atoms with Crippen LogP contribution in [0.4, 0.5) is 14.5 Å². The van der Waals surface area contributed by atoms with Crippen LogP contribution in [-0.2, 0) is 10.4 Å². The zero-order valence-corrected chi connectivity index (χ0v) is 20.4. The van der Waals surface area contributed by atoms with E-state index in [2.05, 4.69) is 9.97 Å². The third-order valence-electron chi connectivity index (χ3n) is 7.95. The minimum atomic E-state index is -1.05. The molecule has 0 spiro atoms. The number of nitrogens with zero attached hydrogens (tertiary/aromatic N) is 4. The molecule has 0 unspecified atom stereocenters. The topological polar surface area (TPSA) is 69.6 Å². The van der Waals surface area contributed by atoms with Gasteiger partial charge in [-0.15, -0.1) is 0 Å². The maximum Gasteiger partial charge on any atom is 0.228 e. The van der Waals surface area contributed by atoms with E-state index in [0.29, 0.717) is 31.7 Å². The summed E-state index contributed by atoms with van der Waals surface area (Å²) in [5.74, 6) is -2.78. The van der Waals surface area contributed by atoms with Gasteiger partial charge in [0.05, 0.1) is 29.6 Å². The maximum atomic E-state index is 14.9. The number of aliphatic hydroxyl groups is 1. The van der Waals surface area contributed by atoms with Crippen LogP contribution in [-0.4, -0.2) is 52.1 Å². The molecule has 188 valence electrons. The maximum absolute atomic E-state index is 14.9. The van der Waals surface area contributed by atoms with Gasteiger partial charge in [0.25, 0.3) is 0 Å². The van der Waals surface area contributed by atoms with Crippen molar-refractivity contribution in [1.82, 2.24) is 14.9 Å². The van der Waals surface area contributed by atoms with Gasteiger partial charge in [0.1, 0.15) is 18.0 Å². The molecule has 3 heterocycles. The van der Waals surface area contributed by atoms with Crippen LogP contribution in [0, 0.1) is 29.4 Å². The molecule has 6 nitrogen and oxygen atoms in total. The van der Waals surface area contributed by atoms with Crippen LogP contribution in [0.25, 0.3) is 0 Å². The number of hydrogen-bond donors (Lipinski definition) is 1. The number of amides is 1. The Morgan fingerprint density at radius 1 is 0.972 bits per heavy atom. The van der Waals surface area contributed by atoms with E-state index in [0.717, 1.165) is 17.3 Å². The van der Waals surface area contributed by atoms with Crippen molar-refractivity contribution in [3.8, 4) is 0 Å². The second-order valence-electron chi connectivity index (χ2n) is 10.1. The first-order valence-corrected chi connectivity index (χ1v) is 12.3. The summed E-state index contributed by atoms with van der Waals surface area (Å²) >= 11 is 0. The molecule has 1 amide bonds. The van der Waals surface area contributed by atoms with E-state index in [1.165, 1.54) is 18.5 Å². The number of likely N-dealkylation sites (tertiary alicyclic amines) is 1. The molecule has 2 aliphatic rings. The van der Waals surface area contributed by atoms with Gasteiger partial charge in [-0.1, -0.05) is 50.2 Å². The number of carbonyl (C=O) groups is 1. The molecule has 0 saturated carbocycles. The summed E-state index contributed by atoms with van der Waals surface area (Å²) in [6.45, 7) is 5.45. The molecule has 0 radical (unpaired) electrons. The van der Waals surface area contributed by atoms with Gasteiger partial charge in [0, 0.05) is 50.0 Å². The van der Waals surface area contributed by atoms with Gasteiger partial charge in [-0.05, 0) is 17.2 Å². The lowest BCUT2D eigenvalue weighted by atomic mass is 9.70. The molecule has 2 aliphatic heterocycles. The summed E-state index contributed by atoms with van der Waals surface area (Å²) in [7, 11) is 0. The van der Waals surface area contributed by atoms with Crippen molar-refractivity contribution in [3.05, 3.63) is 90.0 Å². The summed E-state index contributed by atoms with van der Waals surface area (Å²) in [6, 6.07) is 13.1. The number of piperidine rings is 1. The normalized spacial score (nSPS) is 28.4.